The summed E-state index contributed by atoms with van der Waals surface area (Å²) in [6, 6.07) is 4.79. The number of hydrogen-bond acceptors (Lipinski definition) is 4. The molecule has 0 fully saturated rings. The van der Waals surface area contributed by atoms with Gasteiger partial charge < -0.3 is 10.4 Å². The Labute approximate surface area is 111 Å². The van der Waals surface area contributed by atoms with Crippen molar-refractivity contribution in [3.05, 3.63) is 39.9 Å². The first-order valence-electron chi connectivity index (χ1n) is 6.12. The van der Waals surface area contributed by atoms with Gasteiger partial charge in [0.1, 0.15) is 6.04 Å². The van der Waals surface area contributed by atoms with E-state index in [-0.39, 0.29) is 5.69 Å². The third kappa shape index (κ3) is 4.67. The lowest BCUT2D eigenvalue weighted by Gasteiger charge is -2.15. The molecule has 0 bridgehead atoms. The number of hydrogen-bond donors (Lipinski definition) is 2. The first-order valence-corrected chi connectivity index (χ1v) is 6.12. The summed E-state index contributed by atoms with van der Waals surface area (Å²) in [5.74, 6) is -0.573. The summed E-state index contributed by atoms with van der Waals surface area (Å²) in [6.45, 7) is 4.65. The summed E-state index contributed by atoms with van der Waals surface area (Å²) < 4.78 is 0. The van der Waals surface area contributed by atoms with E-state index in [9.17, 15) is 20.0 Å². The quantitative estimate of drug-likeness (QED) is 0.583. The maximum absolute atomic E-state index is 11.2. The van der Waals surface area contributed by atoms with Gasteiger partial charge in [0.2, 0.25) is 0 Å². The number of nitro benzene ring substituents is 1. The number of benzene rings is 1. The van der Waals surface area contributed by atoms with Crippen molar-refractivity contribution >= 4 is 11.7 Å². The minimum Gasteiger partial charge on any atom is -0.480 e. The predicted octanol–water partition coefficient (Wildman–Crippen LogP) is 2.36. The first kappa shape index (κ1) is 15.1. The Morgan fingerprint density at radius 1 is 1.47 bits per heavy atom. The Morgan fingerprint density at radius 3 is 2.68 bits per heavy atom. The van der Waals surface area contributed by atoms with Crippen molar-refractivity contribution in [3.8, 4) is 0 Å². The van der Waals surface area contributed by atoms with Gasteiger partial charge in [0, 0.05) is 12.1 Å². The van der Waals surface area contributed by atoms with Gasteiger partial charge in [0.15, 0.2) is 0 Å². The van der Waals surface area contributed by atoms with Crippen LogP contribution in [0.25, 0.3) is 0 Å². The van der Waals surface area contributed by atoms with Gasteiger partial charge in [-0.15, -0.1) is 0 Å². The molecule has 1 aromatic carbocycles. The minimum atomic E-state index is -1.04. The number of aliphatic carboxylic acids is 1. The molecule has 0 heterocycles. The molecule has 2 N–H and O–H groups in total. The van der Waals surface area contributed by atoms with Crippen LogP contribution in [0.2, 0.25) is 0 Å². The van der Waals surface area contributed by atoms with Crippen LogP contribution in [0.3, 0.4) is 0 Å². The number of carbonyl (C=O) groups is 1. The van der Waals surface area contributed by atoms with Gasteiger partial charge in [-0.3, -0.25) is 14.9 Å². The number of nitrogens with one attached hydrogen (secondary N) is 1. The minimum absolute atomic E-state index is 0.102. The van der Waals surface area contributed by atoms with Crippen LogP contribution in [0, 0.1) is 16.0 Å². The molecule has 0 saturated heterocycles. The molecule has 0 aliphatic carbocycles. The molecule has 0 aliphatic rings. The molecule has 0 aromatic heterocycles. The fourth-order valence-electron chi connectivity index (χ4n) is 1.68. The van der Waals surface area contributed by atoms with E-state index in [1.165, 1.54) is 18.2 Å². The van der Waals surface area contributed by atoms with E-state index in [1.54, 1.807) is 6.07 Å². The molecule has 19 heavy (non-hydrogen) atoms. The van der Waals surface area contributed by atoms with Gasteiger partial charge >= 0.3 is 5.97 Å². The van der Waals surface area contributed by atoms with Gasteiger partial charge in [-0.2, -0.15) is 0 Å². The highest BCUT2D eigenvalue weighted by atomic mass is 16.6. The standard InChI is InChI=1S/C13H18N2O4/c1-9(2)6-7-14-12(13(16)17)10-4-3-5-11(8-10)15(18)19/h3-5,8-9,12,14H,6-7H2,1-2H3,(H,16,17). The predicted molar refractivity (Wildman–Crippen MR) is 70.9 cm³/mol. The van der Waals surface area contributed by atoms with Crippen LogP contribution in [-0.4, -0.2) is 22.5 Å². The number of carboxylic acid groups (broad SMARTS) is 1. The van der Waals surface area contributed by atoms with Gasteiger partial charge in [0.25, 0.3) is 5.69 Å². The fourth-order valence-corrected chi connectivity index (χ4v) is 1.68. The molecule has 104 valence electrons. The highest BCUT2D eigenvalue weighted by molar-refractivity contribution is 5.75. The molecule has 6 nitrogen and oxygen atoms in total. The van der Waals surface area contributed by atoms with E-state index in [4.69, 9.17) is 0 Å². The van der Waals surface area contributed by atoms with Crippen molar-refractivity contribution in [3.63, 3.8) is 0 Å². The zero-order chi connectivity index (χ0) is 14.4. The Balaban J connectivity index is 2.84. The van der Waals surface area contributed by atoms with Crippen LogP contribution in [0.1, 0.15) is 31.9 Å². The summed E-state index contributed by atoms with van der Waals surface area (Å²) in [7, 11) is 0. The van der Waals surface area contributed by atoms with Crippen molar-refractivity contribution in [2.75, 3.05) is 6.54 Å². The fraction of sp³-hybridized carbons (Fsp3) is 0.462. The maximum Gasteiger partial charge on any atom is 0.325 e. The van der Waals surface area contributed by atoms with E-state index < -0.39 is 16.9 Å². The smallest absolute Gasteiger partial charge is 0.325 e. The molecule has 0 saturated carbocycles. The molecule has 1 atom stereocenters. The topological polar surface area (TPSA) is 92.5 Å². The maximum atomic E-state index is 11.2. The van der Waals surface area contributed by atoms with Crippen LogP contribution in [0.5, 0.6) is 0 Å². The molecule has 6 heteroatoms. The number of carboxylic acids is 1. The van der Waals surface area contributed by atoms with Crippen molar-refractivity contribution in [1.29, 1.82) is 0 Å². The number of non-ortho nitro benzene ring substituents is 1. The normalized spacial score (nSPS) is 12.4. The molecule has 0 spiro atoms. The molecule has 0 aliphatic heterocycles. The lowest BCUT2D eigenvalue weighted by molar-refractivity contribution is -0.384. The number of nitro groups is 1. The lowest BCUT2D eigenvalue weighted by atomic mass is 10.1. The van der Waals surface area contributed by atoms with Crippen molar-refractivity contribution in [2.24, 2.45) is 5.92 Å². The van der Waals surface area contributed by atoms with Gasteiger partial charge in [-0.1, -0.05) is 26.0 Å². The molecule has 0 radical (unpaired) electrons. The summed E-state index contributed by atoms with van der Waals surface area (Å²) in [6.07, 6.45) is 0.846. The summed E-state index contributed by atoms with van der Waals surface area (Å²) in [4.78, 5) is 21.4. The van der Waals surface area contributed by atoms with Gasteiger partial charge in [0.05, 0.1) is 4.92 Å². The summed E-state index contributed by atoms with van der Waals surface area (Å²) in [5.41, 5.74) is 0.292. The Morgan fingerprint density at radius 2 is 2.16 bits per heavy atom. The molecular formula is C13H18N2O4. The van der Waals surface area contributed by atoms with Gasteiger partial charge in [-0.25, -0.2) is 0 Å². The van der Waals surface area contributed by atoms with E-state index in [2.05, 4.69) is 5.32 Å². The van der Waals surface area contributed by atoms with Crippen molar-refractivity contribution in [2.45, 2.75) is 26.3 Å². The highest BCUT2D eigenvalue weighted by Crippen LogP contribution is 2.19. The average Bonchev–Trinajstić information content (AvgIpc) is 2.34. The van der Waals surface area contributed by atoms with Gasteiger partial charge in [-0.05, 0) is 24.4 Å². The molecule has 1 unspecified atom stereocenters. The highest BCUT2D eigenvalue weighted by Gasteiger charge is 2.21. The number of rotatable bonds is 7. The third-order valence-corrected chi connectivity index (χ3v) is 2.73. The van der Waals surface area contributed by atoms with E-state index in [0.29, 0.717) is 18.0 Å². The Hall–Kier alpha value is -1.95. The first-order chi connectivity index (χ1) is 8.91. The number of nitrogens with zero attached hydrogens (tertiary/aromatic N) is 1. The van der Waals surface area contributed by atoms with E-state index in [0.717, 1.165) is 6.42 Å². The molecule has 1 rings (SSSR count). The van der Waals surface area contributed by atoms with Crippen molar-refractivity contribution < 1.29 is 14.8 Å². The average molecular weight is 266 g/mol. The largest absolute Gasteiger partial charge is 0.480 e. The van der Waals surface area contributed by atoms with Crippen LogP contribution >= 0.6 is 0 Å². The second-order valence-electron chi connectivity index (χ2n) is 4.76. The zero-order valence-corrected chi connectivity index (χ0v) is 11.0. The Bertz CT molecular complexity index is 460. The zero-order valence-electron chi connectivity index (χ0n) is 11.0. The van der Waals surface area contributed by atoms with Crippen LogP contribution < -0.4 is 5.32 Å². The summed E-state index contributed by atoms with van der Waals surface area (Å²) in [5, 5.41) is 22.8. The second-order valence-corrected chi connectivity index (χ2v) is 4.76. The SMILES string of the molecule is CC(C)CCNC(C(=O)O)c1cccc([N+](=O)[O-])c1. The Kier molecular flexibility index (Phi) is 5.44. The van der Waals surface area contributed by atoms with E-state index >= 15 is 0 Å². The summed E-state index contributed by atoms with van der Waals surface area (Å²) >= 11 is 0. The van der Waals surface area contributed by atoms with Crippen LogP contribution in [0.15, 0.2) is 24.3 Å². The molecule has 1 aromatic rings. The molecule has 0 amide bonds. The monoisotopic (exact) mass is 266 g/mol. The van der Waals surface area contributed by atoms with E-state index in [1.807, 2.05) is 13.8 Å². The third-order valence-electron chi connectivity index (χ3n) is 2.73. The second kappa shape index (κ2) is 6.84. The van der Waals surface area contributed by atoms with Crippen molar-refractivity contribution in [1.82, 2.24) is 5.32 Å². The molecular weight excluding hydrogens is 248 g/mol. The van der Waals surface area contributed by atoms with Crippen LogP contribution in [0.4, 0.5) is 5.69 Å². The lowest BCUT2D eigenvalue weighted by Crippen LogP contribution is -2.29. The van der Waals surface area contributed by atoms with Crippen LogP contribution in [-0.2, 0) is 4.79 Å².